The van der Waals surface area contributed by atoms with E-state index in [1.165, 1.54) is 126 Å². The molecule has 0 aliphatic carbocycles. The second-order valence-corrected chi connectivity index (χ2v) is 10.5. The van der Waals surface area contributed by atoms with Crippen molar-refractivity contribution in [3.63, 3.8) is 0 Å². The molecule has 0 amide bonds. The van der Waals surface area contributed by atoms with Gasteiger partial charge in [0.25, 0.3) is 0 Å². The van der Waals surface area contributed by atoms with Crippen molar-refractivity contribution in [3.05, 3.63) is 60.2 Å². The van der Waals surface area contributed by atoms with Crippen LogP contribution in [0.5, 0.6) is 0 Å². The molecule has 0 heterocycles. The van der Waals surface area contributed by atoms with Gasteiger partial charge in [-0.05, 0) is 31.0 Å². The Labute approximate surface area is 206 Å². The zero-order chi connectivity index (χ0) is 23.6. The number of para-hydroxylation sites is 2. The predicted molar refractivity (Wildman–Crippen MR) is 149 cm³/mol. The van der Waals surface area contributed by atoms with E-state index in [2.05, 4.69) is 75.6 Å². The molecule has 1 nitrogen and oxygen atoms in total. The zero-order valence-corrected chi connectivity index (χ0v) is 22.2. The van der Waals surface area contributed by atoms with E-state index in [0.717, 1.165) is 4.48 Å². The van der Waals surface area contributed by atoms with Crippen LogP contribution in [0.25, 0.3) is 0 Å². The minimum atomic E-state index is 0.815. The Morgan fingerprint density at radius 2 is 0.909 bits per heavy atom. The normalized spacial score (nSPS) is 11.7. The molecule has 0 atom stereocenters. The van der Waals surface area contributed by atoms with Gasteiger partial charge in [-0.15, -0.1) is 0 Å². The highest BCUT2D eigenvalue weighted by atomic mass is 15.3. The maximum Gasteiger partial charge on any atom is 0.140 e. The Morgan fingerprint density at radius 3 is 1.42 bits per heavy atom. The average molecular weight is 451 g/mol. The van der Waals surface area contributed by atoms with Crippen LogP contribution in [-0.4, -0.2) is 14.1 Å². The molecule has 0 aromatic heterocycles. The average Bonchev–Trinajstić information content (AvgIpc) is 2.84. The van der Waals surface area contributed by atoms with Gasteiger partial charge >= 0.3 is 0 Å². The van der Waals surface area contributed by atoms with Crippen molar-refractivity contribution in [2.24, 2.45) is 0 Å². The first-order chi connectivity index (χ1) is 16.2. The summed E-state index contributed by atoms with van der Waals surface area (Å²) in [6, 6.07) is 19.9. The molecule has 0 aliphatic rings. The standard InChI is InChI=1S/C32H52N/c1-4-5-6-7-8-9-10-11-12-13-14-15-16-17-18-20-25-30-26-23-24-29-32(30)33(2,3)31-27-21-19-22-28-31/h19,21-24,26-29H,4-18,20,25H2,1-3H3/q+1. The molecule has 0 unspecified atom stereocenters. The molecule has 0 spiro atoms. The molecule has 184 valence electrons. The van der Waals surface area contributed by atoms with Crippen molar-refractivity contribution in [1.29, 1.82) is 0 Å². The van der Waals surface area contributed by atoms with Crippen molar-refractivity contribution in [2.75, 3.05) is 14.1 Å². The summed E-state index contributed by atoms with van der Waals surface area (Å²) in [5, 5.41) is 0. The highest BCUT2D eigenvalue weighted by Gasteiger charge is 2.24. The Bertz CT molecular complexity index is 718. The van der Waals surface area contributed by atoms with Crippen molar-refractivity contribution in [1.82, 2.24) is 4.48 Å². The number of rotatable bonds is 19. The van der Waals surface area contributed by atoms with Gasteiger partial charge in [-0.3, -0.25) is 4.48 Å². The van der Waals surface area contributed by atoms with Crippen LogP contribution >= 0.6 is 0 Å². The summed E-state index contributed by atoms with van der Waals surface area (Å²) >= 11 is 0. The number of unbranched alkanes of at least 4 members (excludes halogenated alkanes) is 15. The van der Waals surface area contributed by atoms with Crippen LogP contribution in [0.3, 0.4) is 0 Å². The topological polar surface area (TPSA) is 0 Å². The Balaban J connectivity index is 1.53. The monoisotopic (exact) mass is 450 g/mol. The number of nitrogens with zero attached hydrogens (tertiary/aromatic N) is 1. The summed E-state index contributed by atoms with van der Waals surface area (Å²) < 4.78 is 0.815. The third-order valence-corrected chi connectivity index (χ3v) is 7.30. The van der Waals surface area contributed by atoms with E-state index in [-0.39, 0.29) is 0 Å². The van der Waals surface area contributed by atoms with Gasteiger partial charge in [-0.25, -0.2) is 0 Å². The minimum absolute atomic E-state index is 0.815. The van der Waals surface area contributed by atoms with Crippen LogP contribution in [0.15, 0.2) is 54.6 Å². The zero-order valence-electron chi connectivity index (χ0n) is 22.2. The molecule has 0 fully saturated rings. The van der Waals surface area contributed by atoms with Crippen LogP contribution in [-0.2, 0) is 6.42 Å². The summed E-state index contributed by atoms with van der Waals surface area (Å²) in [4.78, 5) is 0. The van der Waals surface area contributed by atoms with Gasteiger partial charge in [0.15, 0.2) is 0 Å². The van der Waals surface area contributed by atoms with Crippen LogP contribution in [0, 0.1) is 0 Å². The molecule has 0 N–H and O–H groups in total. The Morgan fingerprint density at radius 1 is 0.485 bits per heavy atom. The first kappa shape index (κ1) is 27.6. The summed E-state index contributed by atoms with van der Waals surface area (Å²) in [7, 11) is 4.61. The van der Waals surface area contributed by atoms with Crippen LogP contribution in [0.4, 0.5) is 11.4 Å². The van der Waals surface area contributed by atoms with E-state index < -0.39 is 0 Å². The van der Waals surface area contributed by atoms with Gasteiger partial charge < -0.3 is 0 Å². The molecular formula is C32H52N+. The second-order valence-electron chi connectivity index (χ2n) is 10.5. The first-order valence-corrected chi connectivity index (χ1v) is 14.1. The smallest absolute Gasteiger partial charge is 0.140 e. The van der Waals surface area contributed by atoms with Gasteiger partial charge in [-0.2, -0.15) is 0 Å². The van der Waals surface area contributed by atoms with Crippen molar-refractivity contribution in [2.45, 2.75) is 116 Å². The molecule has 2 aromatic rings. The molecule has 2 aromatic carbocycles. The maximum absolute atomic E-state index is 2.34. The highest BCUT2D eigenvalue weighted by molar-refractivity contribution is 5.60. The fourth-order valence-electron chi connectivity index (χ4n) is 5.07. The first-order valence-electron chi connectivity index (χ1n) is 14.1. The quantitative estimate of drug-likeness (QED) is 0.147. The molecule has 0 aliphatic heterocycles. The van der Waals surface area contributed by atoms with Crippen molar-refractivity contribution < 1.29 is 0 Å². The molecule has 0 bridgehead atoms. The molecular weight excluding hydrogens is 398 g/mol. The van der Waals surface area contributed by atoms with Gasteiger partial charge in [0.05, 0.1) is 14.1 Å². The van der Waals surface area contributed by atoms with Crippen LogP contribution < -0.4 is 4.48 Å². The third-order valence-electron chi connectivity index (χ3n) is 7.30. The van der Waals surface area contributed by atoms with Gasteiger partial charge in [0, 0.05) is 5.56 Å². The molecule has 2 rings (SSSR count). The maximum atomic E-state index is 2.34. The Kier molecular flexibility index (Phi) is 14.2. The fraction of sp³-hybridized carbons (Fsp3) is 0.625. The van der Waals surface area contributed by atoms with Gasteiger partial charge in [0.1, 0.15) is 11.4 Å². The summed E-state index contributed by atoms with van der Waals surface area (Å²) in [5.41, 5.74) is 4.29. The summed E-state index contributed by atoms with van der Waals surface area (Å²) in [6.45, 7) is 2.30. The number of hydrogen-bond donors (Lipinski definition) is 0. The van der Waals surface area contributed by atoms with Gasteiger partial charge in [-0.1, -0.05) is 140 Å². The molecule has 1 heteroatoms. The van der Waals surface area contributed by atoms with E-state index in [0.29, 0.717) is 0 Å². The lowest BCUT2D eigenvalue weighted by atomic mass is 10.0. The summed E-state index contributed by atoms with van der Waals surface area (Å²) in [6.07, 6.45) is 24.1. The fourth-order valence-corrected chi connectivity index (χ4v) is 5.07. The van der Waals surface area contributed by atoms with E-state index in [4.69, 9.17) is 0 Å². The number of hydrogen-bond acceptors (Lipinski definition) is 0. The number of quaternary nitrogens is 1. The van der Waals surface area contributed by atoms with E-state index >= 15 is 0 Å². The molecule has 0 radical (unpaired) electrons. The highest BCUT2D eigenvalue weighted by Crippen LogP contribution is 2.34. The Hall–Kier alpha value is -1.60. The lowest BCUT2D eigenvalue weighted by molar-refractivity contribution is 0.527. The largest absolute Gasteiger partial charge is 0.263 e. The van der Waals surface area contributed by atoms with Crippen molar-refractivity contribution in [3.8, 4) is 0 Å². The van der Waals surface area contributed by atoms with Crippen LogP contribution in [0.2, 0.25) is 0 Å². The predicted octanol–water partition coefficient (Wildman–Crippen LogP) is 10.4. The molecule has 33 heavy (non-hydrogen) atoms. The van der Waals surface area contributed by atoms with Crippen molar-refractivity contribution >= 4 is 11.4 Å². The summed E-state index contributed by atoms with van der Waals surface area (Å²) in [5.74, 6) is 0. The van der Waals surface area contributed by atoms with E-state index in [9.17, 15) is 0 Å². The van der Waals surface area contributed by atoms with E-state index in [1.54, 1.807) is 0 Å². The van der Waals surface area contributed by atoms with Gasteiger partial charge in [0.2, 0.25) is 0 Å². The SMILES string of the molecule is CCCCCCCCCCCCCCCCCCc1ccccc1[N+](C)(C)c1ccccc1. The molecule has 0 saturated heterocycles. The minimum Gasteiger partial charge on any atom is -0.263 e. The molecule has 0 saturated carbocycles. The second kappa shape index (κ2) is 16.9. The lowest BCUT2D eigenvalue weighted by Gasteiger charge is -2.30. The third kappa shape index (κ3) is 10.9. The van der Waals surface area contributed by atoms with Crippen LogP contribution in [0.1, 0.15) is 115 Å². The number of benzene rings is 2. The van der Waals surface area contributed by atoms with E-state index in [1.807, 2.05) is 0 Å². The number of aryl methyl sites for hydroxylation is 1. The lowest BCUT2D eigenvalue weighted by Crippen LogP contribution is -2.35.